The molecule has 0 spiro atoms. The number of nitrogens with one attached hydrogen (secondary N) is 1. The van der Waals surface area contributed by atoms with E-state index in [0.29, 0.717) is 32.2 Å². The minimum Gasteiger partial charge on any atom is -0.445 e. The van der Waals surface area contributed by atoms with Crippen LogP contribution in [0, 0.1) is 5.92 Å². The van der Waals surface area contributed by atoms with Crippen molar-refractivity contribution in [2.45, 2.75) is 32.2 Å². The highest BCUT2D eigenvalue weighted by atomic mass is 16.6. The van der Waals surface area contributed by atoms with Gasteiger partial charge in [-0.05, 0) is 19.4 Å². The van der Waals surface area contributed by atoms with Crippen LogP contribution in [0.15, 0.2) is 30.3 Å². The summed E-state index contributed by atoms with van der Waals surface area (Å²) >= 11 is 0. The summed E-state index contributed by atoms with van der Waals surface area (Å²) in [6.45, 7) is 6.42. The molecule has 0 aliphatic carbocycles. The van der Waals surface area contributed by atoms with Crippen molar-refractivity contribution in [1.82, 2.24) is 10.2 Å². The first-order valence-electron chi connectivity index (χ1n) is 7.41. The molecule has 21 heavy (non-hydrogen) atoms. The molecular weight excluding hydrogens is 268 g/mol. The van der Waals surface area contributed by atoms with Crippen LogP contribution in [0.4, 0.5) is 4.79 Å². The molecule has 114 valence electrons. The first kappa shape index (κ1) is 14.4. The molecule has 2 atom stereocenters. The monoisotopic (exact) mass is 290 g/mol. The van der Waals surface area contributed by atoms with Crippen molar-refractivity contribution in [3.63, 3.8) is 0 Å². The Labute approximate surface area is 125 Å². The lowest BCUT2D eigenvalue weighted by Gasteiger charge is -2.38. The van der Waals surface area contributed by atoms with Gasteiger partial charge in [0, 0.05) is 25.0 Å². The van der Waals surface area contributed by atoms with E-state index in [2.05, 4.69) is 5.32 Å². The van der Waals surface area contributed by atoms with Crippen LogP contribution in [0.5, 0.6) is 0 Å². The highest BCUT2D eigenvalue weighted by molar-refractivity contribution is 5.68. The van der Waals surface area contributed by atoms with Gasteiger partial charge in [0.15, 0.2) is 0 Å². The molecule has 1 aromatic rings. The standard InChI is InChI=1S/C16H22N2O3/c1-16(2)17-14-9-18(8-13(14)11-21-16)15(19)20-10-12-6-4-3-5-7-12/h3-7,13-14,17H,8-11H2,1-2H3. The molecule has 5 heteroatoms. The second kappa shape index (κ2) is 5.66. The Kier molecular flexibility index (Phi) is 3.87. The molecule has 2 aliphatic rings. The minimum absolute atomic E-state index is 0.243. The number of rotatable bonds is 2. The molecule has 0 bridgehead atoms. The molecule has 1 amide bonds. The van der Waals surface area contributed by atoms with E-state index in [1.54, 1.807) is 4.90 Å². The maximum Gasteiger partial charge on any atom is 0.410 e. The van der Waals surface area contributed by atoms with Crippen molar-refractivity contribution in [2.75, 3.05) is 19.7 Å². The average Bonchev–Trinajstić information content (AvgIpc) is 2.87. The van der Waals surface area contributed by atoms with Crippen LogP contribution in [0.3, 0.4) is 0 Å². The Hall–Kier alpha value is -1.59. The van der Waals surface area contributed by atoms with Crippen LogP contribution in [-0.4, -0.2) is 42.5 Å². The summed E-state index contributed by atoms with van der Waals surface area (Å²) in [5.74, 6) is 0.349. The van der Waals surface area contributed by atoms with Gasteiger partial charge in [-0.1, -0.05) is 30.3 Å². The van der Waals surface area contributed by atoms with E-state index in [1.807, 2.05) is 44.2 Å². The zero-order valence-electron chi connectivity index (χ0n) is 12.5. The van der Waals surface area contributed by atoms with Gasteiger partial charge in [-0.2, -0.15) is 0 Å². The number of hydrogen-bond donors (Lipinski definition) is 1. The molecule has 2 heterocycles. The van der Waals surface area contributed by atoms with Gasteiger partial charge in [0.05, 0.1) is 6.61 Å². The number of carbonyl (C=O) groups is 1. The van der Waals surface area contributed by atoms with Gasteiger partial charge in [-0.15, -0.1) is 0 Å². The maximum atomic E-state index is 12.2. The second-order valence-corrected chi connectivity index (χ2v) is 6.28. The largest absolute Gasteiger partial charge is 0.445 e. The van der Waals surface area contributed by atoms with Gasteiger partial charge in [0.25, 0.3) is 0 Å². The molecule has 1 N–H and O–H groups in total. The molecule has 0 radical (unpaired) electrons. The maximum absolute atomic E-state index is 12.2. The smallest absolute Gasteiger partial charge is 0.410 e. The molecular formula is C16H22N2O3. The predicted molar refractivity (Wildman–Crippen MR) is 78.6 cm³/mol. The van der Waals surface area contributed by atoms with Crippen molar-refractivity contribution in [3.05, 3.63) is 35.9 Å². The number of fused-ring (bicyclic) bond motifs is 1. The number of likely N-dealkylation sites (tertiary alicyclic amines) is 1. The highest BCUT2D eigenvalue weighted by Gasteiger charge is 2.42. The summed E-state index contributed by atoms with van der Waals surface area (Å²) in [5, 5.41) is 3.44. The molecule has 1 aromatic carbocycles. The topological polar surface area (TPSA) is 50.8 Å². The average molecular weight is 290 g/mol. The summed E-state index contributed by atoms with van der Waals surface area (Å²) in [6.07, 6.45) is -0.243. The quantitative estimate of drug-likeness (QED) is 0.905. The highest BCUT2D eigenvalue weighted by Crippen LogP contribution is 2.26. The predicted octanol–water partition coefficient (Wildman–Crippen LogP) is 1.98. The first-order valence-corrected chi connectivity index (χ1v) is 7.41. The van der Waals surface area contributed by atoms with Crippen molar-refractivity contribution in [2.24, 2.45) is 5.92 Å². The van der Waals surface area contributed by atoms with E-state index < -0.39 is 0 Å². The molecule has 3 rings (SSSR count). The number of nitrogens with zero attached hydrogens (tertiary/aromatic N) is 1. The number of carbonyl (C=O) groups excluding carboxylic acids is 1. The van der Waals surface area contributed by atoms with Gasteiger partial charge in [-0.3, -0.25) is 5.32 Å². The van der Waals surface area contributed by atoms with Crippen LogP contribution < -0.4 is 5.32 Å². The number of hydrogen-bond acceptors (Lipinski definition) is 4. The zero-order valence-corrected chi connectivity index (χ0v) is 12.5. The molecule has 2 unspecified atom stereocenters. The number of ether oxygens (including phenoxy) is 2. The van der Waals surface area contributed by atoms with Crippen LogP contribution in [0.25, 0.3) is 0 Å². The van der Waals surface area contributed by atoms with Crippen molar-refractivity contribution in [3.8, 4) is 0 Å². The Morgan fingerprint density at radius 2 is 2.14 bits per heavy atom. The summed E-state index contributed by atoms with van der Waals surface area (Å²) in [4.78, 5) is 13.9. The second-order valence-electron chi connectivity index (χ2n) is 6.28. The molecule has 2 fully saturated rings. The third-order valence-electron chi connectivity index (χ3n) is 4.10. The lowest BCUT2D eigenvalue weighted by molar-refractivity contribution is -0.101. The van der Waals surface area contributed by atoms with E-state index in [1.165, 1.54) is 0 Å². The fourth-order valence-electron chi connectivity index (χ4n) is 2.97. The lowest BCUT2D eigenvalue weighted by atomic mass is 10.0. The van der Waals surface area contributed by atoms with E-state index >= 15 is 0 Å². The molecule has 0 saturated carbocycles. The van der Waals surface area contributed by atoms with Gasteiger partial charge in [0.2, 0.25) is 0 Å². The van der Waals surface area contributed by atoms with Gasteiger partial charge in [0.1, 0.15) is 12.3 Å². The van der Waals surface area contributed by atoms with Gasteiger partial charge in [-0.25, -0.2) is 4.79 Å². The van der Waals surface area contributed by atoms with Crippen LogP contribution in [0.1, 0.15) is 19.4 Å². The van der Waals surface area contributed by atoms with Crippen molar-refractivity contribution >= 4 is 6.09 Å². The Bertz CT molecular complexity index is 504. The third-order valence-corrected chi connectivity index (χ3v) is 4.10. The van der Waals surface area contributed by atoms with Crippen LogP contribution >= 0.6 is 0 Å². The Morgan fingerprint density at radius 1 is 1.38 bits per heavy atom. The minimum atomic E-state index is -0.314. The molecule has 5 nitrogen and oxygen atoms in total. The SMILES string of the molecule is CC1(C)NC2CN(C(=O)OCc3ccccc3)CC2CO1. The van der Waals surface area contributed by atoms with E-state index in [0.717, 1.165) is 5.56 Å². The summed E-state index contributed by atoms with van der Waals surface area (Å²) in [7, 11) is 0. The Balaban J connectivity index is 1.53. The summed E-state index contributed by atoms with van der Waals surface area (Å²) < 4.78 is 11.1. The van der Waals surface area contributed by atoms with Crippen molar-refractivity contribution < 1.29 is 14.3 Å². The Morgan fingerprint density at radius 3 is 2.90 bits per heavy atom. The van der Waals surface area contributed by atoms with E-state index in [4.69, 9.17) is 9.47 Å². The van der Waals surface area contributed by atoms with Crippen molar-refractivity contribution in [1.29, 1.82) is 0 Å². The van der Waals surface area contributed by atoms with Crippen LogP contribution in [0.2, 0.25) is 0 Å². The third kappa shape index (κ3) is 3.36. The van der Waals surface area contributed by atoms with Gasteiger partial charge >= 0.3 is 6.09 Å². The zero-order chi connectivity index (χ0) is 14.9. The fraction of sp³-hybridized carbons (Fsp3) is 0.562. The molecule has 2 aliphatic heterocycles. The van der Waals surface area contributed by atoms with Gasteiger partial charge < -0.3 is 14.4 Å². The number of amides is 1. The molecule has 0 aromatic heterocycles. The van der Waals surface area contributed by atoms with E-state index in [-0.39, 0.29) is 17.9 Å². The van der Waals surface area contributed by atoms with Crippen LogP contribution in [-0.2, 0) is 16.1 Å². The lowest BCUT2D eigenvalue weighted by Crippen LogP contribution is -2.56. The fourth-order valence-corrected chi connectivity index (χ4v) is 2.97. The summed E-state index contributed by atoms with van der Waals surface area (Å²) in [5.41, 5.74) is 0.690. The first-order chi connectivity index (χ1) is 10.0. The summed E-state index contributed by atoms with van der Waals surface area (Å²) in [6, 6.07) is 10.0. The normalized spacial score (nSPS) is 27.2. The van der Waals surface area contributed by atoms with E-state index in [9.17, 15) is 4.79 Å². The molecule has 2 saturated heterocycles. The number of benzene rings is 1.